The summed E-state index contributed by atoms with van der Waals surface area (Å²) < 4.78 is 0. The van der Waals surface area contributed by atoms with E-state index in [1.165, 1.54) is 0 Å². The van der Waals surface area contributed by atoms with Crippen LogP contribution in [0.25, 0.3) is 0 Å². The number of piperidine rings is 1. The van der Waals surface area contributed by atoms with Crippen LogP contribution in [-0.2, 0) is 4.79 Å². The number of aliphatic carboxylic acids is 1. The fourth-order valence-corrected chi connectivity index (χ4v) is 2.80. The number of carboxylic acid groups (broad SMARTS) is 1. The van der Waals surface area contributed by atoms with E-state index >= 15 is 0 Å². The van der Waals surface area contributed by atoms with Crippen LogP contribution in [0.4, 0.5) is 0 Å². The number of carboxylic acids is 1. The number of rotatable bonds is 2. The third kappa shape index (κ3) is 1.64. The van der Waals surface area contributed by atoms with Crippen molar-refractivity contribution in [1.29, 1.82) is 0 Å². The Morgan fingerprint density at radius 1 is 1.36 bits per heavy atom. The average Bonchev–Trinajstić information content (AvgIpc) is 2.59. The van der Waals surface area contributed by atoms with Crippen molar-refractivity contribution in [2.75, 3.05) is 13.2 Å². The van der Waals surface area contributed by atoms with Gasteiger partial charge in [-0.25, -0.2) is 0 Å². The Kier molecular flexibility index (Phi) is 2.74. The molecule has 2 saturated heterocycles. The van der Waals surface area contributed by atoms with E-state index in [0.29, 0.717) is 6.04 Å². The molecule has 2 N–H and O–H groups in total. The minimum absolute atomic E-state index is 0.159. The van der Waals surface area contributed by atoms with Crippen molar-refractivity contribution in [2.45, 2.75) is 37.8 Å². The topological polar surface area (TPSA) is 60.8 Å². The summed E-state index contributed by atoms with van der Waals surface area (Å²) in [6.07, 6.45) is 3.58. The highest BCUT2D eigenvalue weighted by Crippen LogP contribution is 2.33. The molecule has 2 aliphatic rings. The maximum Gasteiger partial charge on any atom is 0.306 e. The third-order valence-electron chi connectivity index (χ3n) is 3.62. The highest BCUT2D eigenvalue weighted by atomic mass is 16.4. The van der Waals surface area contributed by atoms with E-state index < -0.39 is 5.97 Å². The van der Waals surface area contributed by atoms with Crippen LogP contribution >= 0.6 is 0 Å². The van der Waals surface area contributed by atoms with Gasteiger partial charge in [-0.15, -0.1) is 0 Å². The fraction of sp³-hybridized carbons (Fsp3) is 0.900. The molecule has 2 heterocycles. The first-order valence-electron chi connectivity index (χ1n) is 5.31. The van der Waals surface area contributed by atoms with Crippen LogP contribution < -0.4 is 0 Å². The zero-order chi connectivity index (χ0) is 10.1. The average molecular weight is 199 g/mol. The Balaban J connectivity index is 1.97. The molecule has 0 spiro atoms. The normalized spacial score (nSPS) is 38.2. The van der Waals surface area contributed by atoms with Crippen molar-refractivity contribution < 1.29 is 15.0 Å². The van der Waals surface area contributed by atoms with Crippen molar-refractivity contribution in [3.8, 4) is 0 Å². The molecule has 0 bridgehead atoms. The number of aliphatic hydroxyl groups is 1. The molecule has 3 unspecified atom stereocenters. The summed E-state index contributed by atoms with van der Waals surface area (Å²) in [6.45, 7) is 1.06. The van der Waals surface area contributed by atoms with E-state index in [4.69, 9.17) is 10.2 Å². The molecule has 2 fully saturated rings. The fourth-order valence-electron chi connectivity index (χ4n) is 2.80. The number of nitrogens with zero attached hydrogens (tertiary/aromatic N) is 1. The van der Waals surface area contributed by atoms with E-state index in [9.17, 15) is 4.79 Å². The minimum atomic E-state index is -0.655. The largest absolute Gasteiger partial charge is 0.481 e. The lowest BCUT2D eigenvalue weighted by Crippen LogP contribution is -2.45. The summed E-state index contributed by atoms with van der Waals surface area (Å²) >= 11 is 0. The van der Waals surface area contributed by atoms with Gasteiger partial charge in [0, 0.05) is 12.1 Å². The molecule has 4 nitrogen and oxygen atoms in total. The van der Waals surface area contributed by atoms with Gasteiger partial charge in [-0.05, 0) is 32.2 Å². The minimum Gasteiger partial charge on any atom is -0.481 e. The molecule has 14 heavy (non-hydrogen) atoms. The molecule has 0 saturated carbocycles. The van der Waals surface area contributed by atoms with E-state index in [0.717, 1.165) is 32.2 Å². The predicted octanol–water partition coefficient (Wildman–Crippen LogP) is 0.306. The first kappa shape index (κ1) is 9.93. The molecule has 0 aromatic heterocycles. The molecule has 0 aromatic carbocycles. The van der Waals surface area contributed by atoms with Gasteiger partial charge in [-0.1, -0.05) is 0 Å². The maximum atomic E-state index is 10.8. The Labute approximate surface area is 83.5 Å². The van der Waals surface area contributed by atoms with Crippen molar-refractivity contribution in [3.63, 3.8) is 0 Å². The second-order valence-electron chi connectivity index (χ2n) is 4.36. The van der Waals surface area contributed by atoms with Gasteiger partial charge in [-0.2, -0.15) is 0 Å². The summed E-state index contributed by atoms with van der Waals surface area (Å²) in [7, 11) is 0. The molecule has 0 aliphatic carbocycles. The number of carbonyl (C=O) groups is 1. The van der Waals surface area contributed by atoms with Gasteiger partial charge in [0.05, 0.1) is 12.5 Å². The van der Waals surface area contributed by atoms with Gasteiger partial charge in [0.15, 0.2) is 0 Å². The second kappa shape index (κ2) is 3.87. The van der Waals surface area contributed by atoms with Crippen molar-refractivity contribution in [2.24, 2.45) is 5.92 Å². The molecular formula is C10H17NO3. The van der Waals surface area contributed by atoms with Crippen LogP contribution in [0, 0.1) is 5.92 Å². The lowest BCUT2D eigenvalue weighted by atomic mass is 9.91. The standard InChI is InChI=1S/C10H17NO3/c12-6-9-2-1-8-5-7(10(13)14)3-4-11(8)9/h7-9,12H,1-6H2,(H,13,14). The van der Waals surface area contributed by atoms with Gasteiger partial charge in [0.1, 0.15) is 0 Å². The van der Waals surface area contributed by atoms with Gasteiger partial charge in [0.2, 0.25) is 0 Å². The van der Waals surface area contributed by atoms with E-state index in [1.54, 1.807) is 0 Å². The van der Waals surface area contributed by atoms with Gasteiger partial charge in [-0.3, -0.25) is 9.69 Å². The summed E-state index contributed by atoms with van der Waals surface area (Å²) in [5.74, 6) is -0.814. The molecule has 4 heteroatoms. The highest BCUT2D eigenvalue weighted by Gasteiger charge is 2.39. The second-order valence-corrected chi connectivity index (χ2v) is 4.36. The van der Waals surface area contributed by atoms with Crippen LogP contribution in [0.5, 0.6) is 0 Å². The van der Waals surface area contributed by atoms with Crippen LogP contribution in [0.1, 0.15) is 25.7 Å². The molecule has 2 rings (SSSR count). The van der Waals surface area contributed by atoms with Gasteiger partial charge in [0.25, 0.3) is 0 Å². The van der Waals surface area contributed by atoms with E-state index in [2.05, 4.69) is 4.90 Å². The van der Waals surface area contributed by atoms with Gasteiger partial charge >= 0.3 is 5.97 Å². The summed E-state index contributed by atoms with van der Waals surface area (Å²) in [4.78, 5) is 13.1. The van der Waals surface area contributed by atoms with Crippen LogP contribution in [0.15, 0.2) is 0 Å². The Hall–Kier alpha value is -0.610. The first-order valence-corrected chi connectivity index (χ1v) is 5.31. The Morgan fingerprint density at radius 2 is 2.14 bits per heavy atom. The van der Waals surface area contributed by atoms with E-state index in [-0.39, 0.29) is 18.6 Å². The van der Waals surface area contributed by atoms with Crippen molar-refractivity contribution >= 4 is 5.97 Å². The maximum absolute atomic E-state index is 10.8. The highest BCUT2D eigenvalue weighted by molar-refractivity contribution is 5.70. The van der Waals surface area contributed by atoms with Crippen LogP contribution in [-0.4, -0.2) is 46.3 Å². The van der Waals surface area contributed by atoms with Crippen LogP contribution in [0.2, 0.25) is 0 Å². The number of hydrogen-bond acceptors (Lipinski definition) is 3. The third-order valence-corrected chi connectivity index (χ3v) is 3.62. The Bertz CT molecular complexity index is 231. The van der Waals surface area contributed by atoms with Gasteiger partial charge < -0.3 is 10.2 Å². The Morgan fingerprint density at radius 3 is 2.79 bits per heavy atom. The molecule has 3 atom stereocenters. The monoisotopic (exact) mass is 199 g/mol. The molecule has 80 valence electrons. The molecule has 2 aliphatic heterocycles. The zero-order valence-corrected chi connectivity index (χ0v) is 8.22. The van der Waals surface area contributed by atoms with Crippen LogP contribution in [0.3, 0.4) is 0 Å². The quantitative estimate of drug-likeness (QED) is 0.671. The smallest absolute Gasteiger partial charge is 0.306 e. The van der Waals surface area contributed by atoms with Crippen molar-refractivity contribution in [1.82, 2.24) is 4.90 Å². The lowest BCUT2D eigenvalue weighted by molar-refractivity contribution is -0.144. The summed E-state index contributed by atoms with van der Waals surface area (Å²) in [5.41, 5.74) is 0. The number of hydrogen-bond donors (Lipinski definition) is 2. The summed E-state index contributed by atoms with van der Waals surface area (Å²) in [5, 5.41) is 18.0. The summed E-state index contributed by atoms with van der Waals surface area (Å²) in [6, 6.07) is 0.691. The zero-order valence-electron chi connectivity index (χ0n) is 8.22. The predicted molar refractivity (Wildman–Crippen MR) is 51.0 cm³/mol. The number of fused-ring (bicyclic) bond motifs is 1. The SMILES string of the molecule is O=C(O)C1CCN2C(CO)CCC2C1. The number of aliphatic hydroxyl groups excluding tert-OH is 1. The first-order chi connectivity index (χ1) is 6.72. The lowest BCUT2D eigenvalue weighted by Gasteiger charge is -2.35. The van der Waals surface area contributed by atoms with E-state index in [1.807, 2.05) is 0 Å². The molecule has 0 aromatic rings. The molecule has 0 amide bonds. The molecule has 0 radical (unpaired) electrons. The van der Waals surface area contributed by atoms with Crippen molar-refractivity contribution in [3.05, 3.63) is 0 Å². The molecular weight excluding hydrogens is 182 g/mol.